The standard InChI is InChI=1S/C16H18N4O3/c1-10-8-14(20(3)19-10)16(23)17-9-15(22)18-13-6-4-12(5-7-13)11(2)21/h4-8H,9H2,1-3H3,(H,17,23)(H,18,22). The fraction of sp³-hybridized carbons (Fsp3) is 0.250. The summed E-state index contributed by atoms with van der Waals surface area (Å²) in [7, 11) is 1.67. The summed E-state index contributed by atoms with van der Waals surface area (Å²) in [4.78, 5) is 35.0. The number of carbonyl (C=O) groups excluding carboxylic acids is 3. The molecule has 0 aliphatic heterocycles. The van der Waals surface area contributed by atoms with Crippen LogP contribution in [0, 0.1) is 6.92 Å². The van der Waals surface area contributed by atoms with Gasteiger partial charge in [0, 0.05) is 18.3 Å². The molecule has 0 spiro atoms. The number of ketones is 1. The largest absolute Gasteiger partial charge is 0.342 e. The number of Topliss-reactive ketones (excluding diaryl/α,β-unsaturated/α-hetero) is 1. The second-order valence-corrected chi connectivity index (χ2v) is 5.16. The molecule has 120 valence electrons. The molecule has 0 atom stereocenters. The minimum Gasteiger partial charge on any atom is -0.342 e. The fourth-order valence-electron chi connectivity index (χ4n) is 2.07. The normalized spacial score (nSPS) is 10.2. The van der Waals surface area contributed by atoms with Crippen LogP contribution in [0.15, 0.2) is 30.3 Å². The highest BCUT2D eigenvalue weighted by Crippen LogP contribution is 2.09. The maximum absolute atomic E-state index is 12.0. The second kappa shape index (κ2) is 6.87. The number of aryl methyl sites for hydroxylation is 2. The lowest BCUT2D eigenvalue weighted by atomic mass is 10.1. The van der Waals surface area contributed by atoms with Crippen LogP contribution < -0.4 is 10.6 Å². The van der Waals surface area contributed by atoms with E-state index in [1.54, 1.807) is 44.3 Å². The highest BCUT2D eigenvalue weighted by molar-refractivity contribution is 5.99. The van der Waals surface area contributed by atoms with Gasteiger partial charge in [0.05, 0.1) is 12.2 Å². The van der Waals surface area contributed by atoms with Crippen LogP contribution in [0.3, 0.4) is 0 Å². The quantitative estimate of drug-likeness (QED) is 0.814. The molecule has 0 unspecified atom stereocenters. The molecule has 0 radical (unpaired) electrons. The van der Waals surface area contributed by atoms with Crippen LogP contribution in [0.2, 0.25) is 0 Å². The summed E-state index contributed by atoms with van der Waals surface area (Å²) in [5, 5.41) is 9.26. The first-order valence-electron chi connectivity index (χ1n) is 7.06. The van der Waals surface area contributed by atoms with Crippen molar-refractivity contribution in [1.29, 1.82) is 0 Å². The van der Waals surface area contributed by atoms with Crippen LogP contribution in [0.1, 0.15) is 33.5 Å². The van der Waals surface area contributed by atoms with E-state index >= 15 is 0 Å². The lowest BCUT2D eigenvalue weighted by molar-refractivity contribution is -0.115. The number of hydrogen-bond acceptors (Lipinski definition) is 4. The number of nitrogens with one attached hydrogen (secondary N) is 2. The number of amides is 2. The van der Waals surface area contributed by atoms with Crippen molar-refractivity contribution in [1.82, 2.24) is 15.1 Å². The van der Waals surface area contributed by atoms with Gasteiger partial charge < -0.3 is 10.6 Å². The molecule has 0 bridgehead atoms. The number of benzene rings is 1. The molecular formula is C16H18N4O3. The van der Waals surface area contributed by atoms with Gasteiger partial charge in [-0.25, -0.2) is 0 Å². The minimum atomic E-state index is -0.366. The number of rotatable bonds is 5. The predicted octanol–water partition coefficient (Wildman–Crippen LogP) is 1.30. The number of anilines is 1. The van der Waals surface area contributed by atoms with Gasteiger partial charge in [0.15, 0.2) is 5.78 Å². The molecule has 2 aromatic rings. The van der Waals surface area contributed by atoms with E-state index in [9.17, 15) is 14.4 Å². The molecule has 7 heteroatoms. The van der Waals surface area contributed by atoms with Gasteiger partial charge in [-0.2, -0.15) is 5.10 Å². The van der Waals surface area contributed by atoms with Crippen molar-refractivity contribution < 1.29 is 14.4 Å². The van der Waals surface area contributed by atoms with Gasteiger partial charge in [0.2, 0.25) is 5.91 Å². The Morgan fingerprint density at radius 1 is 1.17 bits per heavy atom. The second-order valence-electron chi connectivity index (χ2n) is 5.16. The lowest BCUT2D eigenvalue weighted by Crippen LogP contribution is -2.33. The van der Waals surface area contributed by atoms with Crippen LogP contribution >= 0.6 is 0 Å². The highest BCUT2D eigenvalue weighted by Gasteiger charge is 2.13. The third-order valence-corrected chi connectivity index (χ3v) is 3.22. The molecule has 0 saturated carbocycles. The summed E-state index contributed by atoms with van der Waals surface area (Å²) < 4.78 is 1.46. The van der Waals surface area contributed by atoms with E-state index in [1.165, 1.54) is 11.6 Å². The summed E-state index contributed by atoms with van der Waals surface area (Å²) in [5.41, 5.74) is 2.25. The first-order chi connectivity index (χ1) is 10.9. The first kappa shape index (κ1) is 16.4. The predicted molar refractivity (Wildman–Crippen MR) is 85.4 cm³/mol. The first-order valence-corrected chi connectivity index (χ1v) is 7.06. The Hall–Kier alpha value is -2.96. The van der Waals surface area contributed by atoms with E-state index < -0.39 is 0 Å². The van der Waals surface area contributed by atoms with E-state index in [0.717, 1.165) is 5.69 Å². The summed E-state index contributed by atoms with van der Waals surface area (Å²) in [6.45, 7) is 3.11. The molecule has 2 amide bonds. The Morgan fingerprint density at radius 2 is 1.83 bits per heavy atom. The van der Waals surface area contributed by atoms with Crippen LogP contribution in [0.25, 0.3) is 0 Å². The van der Waals surface area contributed by atoms with Crippen molar-refractivity contribution in [3.63, 3.8) is 0 Å². The molecule has 2 N–H and O–H groups in total. The van der Waals surface area contributed by atoms with Crippen molar-refractivity contribution in [3.05, 3.63) is 47.3 Å². The monoisotopic (exact) mass is 314 g/mol. The fourth-order valence-corrected chi connectivity index (χ4v) is 2.07. The molecule has 2 rings (SSSR count). The zero-order valence-corrected chi connectivity index (χ0v) is 13.2. The zero-order chi connectivity index (χ0) is 17.0. The van der Waals surface area contributed by atoms with E-state index in [4.69, 9.17) is 0 Å². The Labute approximate surface area is 133 Å². The van der Waals surface area contributed by atoms with Gasteiger partial charge in [-0.3, -0.25) is 19.1 Å². The maximum Gasteiger partial charge on any atom is 0.269 e. The van der Waals surface area contributed by atoms with E-state index in [-0.39, 0.29) is 24.1 Å². The summed E-state index contributed by atoms with van der Waals surface area (Å²) >= 11 is 0. The van der Waals surface area contributed by atoms with Gasteiger partial charge in [0.25, 0.3) is 5.91 Å². The number of nitrogens with zero attached hydrogens (tertiary/aromatic N) is 2. The van der Waals surface area contributed by atoms with Gasteiger partial charge >= 0.3 is 0 Å². The lowest BCUT2D eigenvalue weighted by Gasteiger charge is -2.07. The molecule has 1 heterocycles. The molecule has 7 nitrogen and oxygen atoms in total. The average Bonchev–Trinajstić information content (AvgIpc) is 2.84. The highest BCUT2D eigenvalue weighted by atomic mass is 16.2. The van der Waals surface area contributed by atoms with Gasteiger partial charge in [-0.05, 0) is 44.2 Å². The Bertz CT molecular complexity index is 747. The van der Waals surface area contributed by atoms with Crippen molar-refractivity contribution >= 4 is 23.3 Å². The number of carbonyl (C=O) groups is 3. The SMILES string of the molecule is CC(=O)c1ccc(NC(=O)CNC(=O)c2cc(C)nn2C)cc1. The van der Waals surface area contributed by atoms with Crippen LogP contribution in [0.4, 0.5) is 5.69 Å². The number of hydrogen-bond donors (Lipinski definition) is 2. The Kier molecular flexibility index (Phi) is 4.90. The molecule has 1 aromatic carbocycles. The molecule has 0 saturated heterocycles. The summed E-state index contributed by atoms with van der Waals surface area (Å²) in [6, 6.07) is 8.19. The van der Waals surface area contributed by atoms with Crippen molar-refractivity contribution in [3.8, 4) is 0 Å². The Morgan fingerprint density at radius 3 is 2.35 bits per heavy atom. The van der Waals surface area contributed by atoms with Crippen LogP contribution in [-0.4, -0.2) is 33.9 Å². The molecule has 0 fully saturated rings. The third kappa shape index (κ3) is 4.26. The van der Waals surface area contributed by atoms with E-state index in [2.05, 4.69) is 15.7 Å². The van der Waals surface area contributed by atoms with Crippen molar-refractivity contribution in [2.45, 2.75) is 13.8 Å². The maximum atomic E-state index is 12.0. The zero-order valence-electron chi connectivity index (χ0n) is 13.2. The van der Waals surface area contributed by atoms with Crippen molar-refractivity contribution in [2.75, 3.05) is 11.9 Å². The van der Waals surface area contributed by atoms with E-state index in [1.807, 2.05) is 0 Å². The summed E-state index contributed by atoms with van der Waals surface area (Å²) in [6.07, 6.45) is 0. The Balaban J connectivity index is 1.88. The van der Waals surface area contributed by atoms with E-state index in [0.29, 0.717) is 16.9 Å². The topological polar surface area (TPSA) is 93.1 Å². The smallest absolute Gasteiger partial charge is 0.269 e. The van der Waals surface area contributed by atoms with Crippen molar-refractivity contribution in [2.24, 2.45) is 7.05 Å². The molecule has 23 heavy (non-hydrogen) atoms. The third-order valence-electron chi connectivity index (χ3n) is 3.22. The number of aromatic nitrogens is 2. The van der Waals surface area contributed by atoms with Crippen LogP contribution in [-0.2, 0) is 11.8 Å². The van der Waals surface area contributed by atoms with Gasteiger partial charge in [0.1, 0.15) is 5.69 Å². The van der Waals surface area contributed by atoms with Crippen LogP contribution in [0.5, 0.6) is 0 Å². The minimum absolute atomic E-state index is 0.0402. The average molecular weight is 314 g/mol. The van der Waals surface area contributed by atoms with Gasteiger partial charge in [-0.1, -0.05) is 0 Å². The molecule has 0 aliphatic rings. The molecule has 0 aliphatic carbocycles. The molecular weight excluding hydrogens is 296 g/mol. The van der Waals surface area contributed by atoms with Gasteiger partial charge in [-0.15, -0.1) is 0 Å². The summed E-state index contributed by atoms with van der Waals surface area (Å²) in [5.74, 6) is -0.760. The molecule has 1 aromatic heterocycles.